The molecule has 4 heteroatoms. The van der Waals surface area contributed by atoms with Crippen molar-refractivity contribution in [2.45, 2.75) is 31.3 Å². The molecule has 1 saturated heterocycles. The molecule has 2 fully saturated rings. The van der Waals surface area contributed by atoms with E-state index in [4.69, 9.17) is 0 Å². The second-order valence-electron chi connectivity index (χ2n) is 6.21. The van der Waals surface area contributed by atoms with Crippen LogP contribution in [0.15, 0.2) is 41.8 Å². The standard InChI is InChI=1S/C18H20N2OS/c21-18(19-14-8-10-20(12-14)15-6-7-15)17-16(9-11-22-17)13-4-2-1-3-5-13/h1-5,9,11,14-15H,6-8,10,12H2,(H,19,21)/t14-/m1/s1. The van der Waals surface area contributed by atoms with Crippen molar-refractivity contribution in [1.29, 1.82) is 0 Å². The van der Waals surface area contributed by atoms with E-state index in [1.165, 1.54) is 24.2 Å². The van der Waals surface area contributed by atoms with Crippen LogP contribution in [0.25, 0.3) is 11.1 Å². The fourth-order valence-corrected chi connectivity index (χ4v) is 4.08. The maximum Gasteiger partial charge on any atom is 0.262 e. The summed E-state index contributed by atoms with van der Waals surface area (Å²) < 4.78 is 0. The zero-order valence-corrected chi connectivity index (χ0v) is 13.3. The van der Waals surface area contributed by atoms with E-state index in [9.17, 15) is 4.79 Å². The number of carbonyl (C=O) groups excluding carboxylic acids is 1. The van der Waals surface area contributed by atoms with Gasteiger partial charge >= 0.3 is 0 Å². The largest absolute Gasteiger partial charge is 0.347 e. The van der Waals surface area contributed by atoms with Gasteiger partial charge in [-0.1, -0.05) is 30.3 Å². The molecule has 1 aromatic carbocycles. The fraction of sp³-hybridized carbons (Fsp3) is 0.389. The third-order valence-electron chi connectivity index (χ3n) is 4.57. The van der Waals surface area contributed by atoms with Crippen molar-refractivity contribution >= 4 is 17.2 Å². The highest BCUT2D eigenvalue weighted by Crippen LogP contribution is 2.31. The van der Waals surface area contributed by atoms with Crippen LogP contribution in [0.4, 0.5) is 0 Å². The van der Waals surface area contributed by atoms with Crippen LogP contribution < -0.4 is 5.32 Å². The molecule has 1 atom stereocenters. The highest BCUT2D eigenvalue weighted by Gasteiger charge is 2.35. The Morgan fingerprint density at radius 2 is 1.95 bits per heavy atom. The first kappa shape index (κ1) is 14.0. The Bertz CT molecular complexity index is 663. The SMILES string of the molecule is O=C(N[C@@H]1CCN(C2CC2)C1)c1sccc1-c1ccccc1. The number of benzene rings is 1. The summed E-state index contributed by atoms with van der Waals surface area (Å²) in [5, 5.41) is 5.24. The summed E-state index contributed by atoms with van der Waals surface area (Å²) in [6.07, 6.45) is 3.75. The first-order valence-electron chi connectivity index (χ1n) is 7.99. The highest BCUT2D eigenvalue weighted by molar-refractivity contribution is 7.12. The normalized spacial score (nSPS) is 21.9. The van der Waals surface area contributed by atoms with Crippen LogP contribution in [-0.2, 0) is 0 Å². The Labute approximate surface area is 135 Å². The number of thiophene rings is 1. The molecule has 2 aliphatic rings. The molecule has 0 unspecified atom stereocenters. The zero-order chi connectivity index (χ0) is 14.9. The van der Waals surface area contributed by atoms with Crippen molar-refractivity contribution in [3.8, 4) is 11.1 Å². The van der Waals surface area contributed by atoms with Gasteiger partial charge in [0.05, 0.1) is 4.88 Å². The zero-order valence-electron chi connectivity index (χ0n) is 12.5. The van der Waals surface area contributed by atoms with Gasteiger partial charge in [-0.3, -0.25) is 9.69 Å². The minimum atomic E-state index is 0.0801. The molecule has 114 valence electrons. The first-order chi connectivity index (χ1) is 10.8. The Morgan fingerprint density at radius 3 is 2.73 bits per heavy atom. The summed E-state index contributed by atoms with van der Waals surface area (Å²) >= 11 is 1.53. The van der Waals surface area contributed by atoms with Crippen LogP contribution in [0, 0.1) is 0 Å². The van der Waals surface area contributed by atoms with Crippen molar-refractivity contribution in [3.63, 3.8) is 0 Å². The van der Waals surface area contributed by atoms with Crippen LogP contribution >= 0.6 is 11.3 Å². The summed E-state index contributed by atoms with van der Waals surface area (Å²) in [5.74, 6) is 0.0801. The molecule has 22 heavy (non-hydrogen) atoms. The molecule has 1 N–H and O–H groups in total. The molecule has 2 heterocycles. The van der Waals surface area contributed by atoms with E-state index in [0.717, 1.165) is 41.6 Å². The summed E-state index contributed by atoms with van der Waals surface area (Å²) in [4.78, 5) is 16.0. The van der Waals surface area contributed by atoms with Crippen LogP contribution in [0.5, 0.6) is 0 Å². The van der Waals surface area contributed by atoms with E-state index in [1.807, 2.05) is 29.6 Å². The van der Waals surface area contributed by atoms with Crippen molar-refractivity contribution < 1.29 is 4.79 Å². The Kier molecular flexibility index (Phi) is 3.72. The molecule has 1 saturated carbocycles. The number of hydrogen-bond donors (Lipinski definition) is 1. The van der Waals surface area contributed by atoms with E-state index in [2.05, 4.69) is 22.3 Å². The van der Waals surface area contributed by atoms with Crippen molar-refractivity contribution in [2.75, 3.05) is 13.1 Å². The molecule has 1 amide bonds. The van der Waals surface area contributed by atoms with Crippen molar-refractivity contribution in [1.82, 2.24) is 10.2 Å². The van der Waals surface area contributed by atoms with Gasteiger partial charge in [-0.25, -0.2) is 0 Å². The third-order valence-corrected chi connectivity index (χ3v) is 5.49. The summed E-state index contributed by atoms with van der Waals surface area (Å²) in [6, 6.07) is 13.3. The highest BCUT2D eigenvalue weighted by atomic mass is 32.1. The van der Waals surface area contributed by atoms with Gasteiger partial charge in [0.1, 0.15) is 0 Å². The molecule has 4 rings (SSSR count). The molecule has 0 bridgehead atoms. The third kappa shape index (κ3) is 2.81. The van der Waals surface area contributed by atoms with Crippen molar-refractivity contribution in [2.24, 2.45) is 0 Å². The predicted octanol–water partition coefficient (Wildman–Crippen LogP) is 3.38. The monoisotopic (exact) mass is 312 g/mol. The Morgan fingerprint density at radius 1 is 1.14 bits per heavy atom. The smallest absolute Gasteiger partial charge is 0.262 e. The molecule has 1 aliphatic heterocycles. The lowest BCUT2D eigenvalue weighted by molar-refractivity contribution is 0.0942. The lowest BCUT2D eigenvalue weighted by Gasteiger charge is -2.15. The second kappa shape index (κ2) is 5.86. The minimum Gasteiger partial charge on any atom is -0.347 e. The number of amides is 1. The molecule has 0 spiro atoms. The van der Waals surface area contributed by atoms with Crippen LogP contribution in [-0.4, -0.2) is 36.0 Å². The number of hydrogen-bond acceptors (Lipinski definition) is 3. The van der Waals surface area contributed by atoms with Crippen molar-refractivity contribution in [3.05, 3.63) is 46.7 Å². The Balaban J connectivity index is 1.46. The predicted molar refractivity (Wildman–Crippen MR) is 90.2 cm³/mol. The van der Waals surface area contributed by atoms with Crippen LogP contribution in [0.2, 0.25) is 0 Å². The quantitative estimate of drug-likeness (QED) is 0.938. The number of likely N-dealkylation sites (tertiary alicyclic amines) is 1. The second-order valence-corrected chi connectivity index (χ2v) is 7.13. The number of nitrogens with zero attached hydrogens (tertiary/aromatic N) is 1. The summed E-state index contributed by atoms with van der Waals surface area (Å²) in [6.45, 7) is 2.15. The van der Waals surface area contributed by atoms with Gasteiger partial charge in [0.25, 0.3) is 5.91 Å². The molecule has 1 aliphatic carbocycles. The number of carbonyl (C=O) groups is 1. The molecule has 0 radical (unpaired) electrons. The topological polar surface area (TPSA) is 32.3 Å². The van der Waals surface area contributed by atoms with E-state index in [1.54, 1.807) is 0 Å². The van der Waals surface area contributed by atoms with Gasteiger partial charge in [0.15, 0.2) is 0 Å². The lowest BCUT2D eigenvalue weighted by atomic mass is 10.1. The van der Waals surface area contributed by atoms with E-state index >= 15 is 0 Å². The van der Waals surface area contributed by atoms with E-state index in [-0.39, 0.29) is 5.91 Å². The van der Waals surface area contributed by atoms with E-state index < -0.39 is 0 Å². The Hall–Kier alpha value is -1.65. The van der Waals surface area contributed by atoms with Gasteiger partial charge in [-0.05, 0) is 36.3 Å². The minimum absolute atomic E-state index is 0.0801. The van der Waals surface area contributed by atoms with Gasteiger partial charge in [0.2, 0.25) is 0 Å². The molecule has 2 aromatic rings. The van der Waals surface area contributed by atoms with E-state index in [0.29, 0.717) is 6.04 Å². The van der Waals surface area contributed by atoms with Gasteiger partial charge in [-0.15, -0.1) is 11.3 Å². The van der Waals surface area contributed by atoms with Crippen LogP contribution in [0.3, 0.4) is 0 Å². The fourth-order valence-electron chi connectivity index (χ4n) is 3.26. The number of rotatable bonds is 4. The average molecular weight is 312 g/mol. The van der Waals surface area contributed by atoms with Gasteiger partial charge in [-0.2, -0.15) is 0 Å². The molecule has 1 aromatic heterocycles. The maximum absolute atomic E-state index is 12.6. The first-order valence-corrected chi connectivity index (χ1v) is 8.87. The van der Waals surface area contributed by atoms with Gasteiger partial charge < -0.3 is 5.32 Å². The van der Waals surface area contributed by atoms with Crippen LogP contribution in [0.1, 0.15) is 28.9 Å². The molecule has 3 nitrogen and oxygen atoms in total. The van der Waals surface area contributed by atoms with Gasteiger partial charge in [0, 0.05) is 30.7 Å². The number of nitrogens with one attached hydrogen (secondary N) is 1. The maximum atomic E-state index is 12.6. The average Bonchev–Trinajstić information content (AvgIpc) is 3.10. The summed E-state index contributed by atoms with van der Waals surface area (Å²) in [7, 11) is 0. The molecular formula is C18H20N2OS. The lowest BCUT2D eigenvalue weighted by Crippen LogP contribution is -2.37. The summed E-state index contributed by atoms with van der Waals surface area (Å²) in [5.41, 5.74) is 2.15. The molecular weight excluding hydrogens is 292 g/mol.